The minimum atomic E-state index is -4.89. The molecule has 3 aromatic rings. The lowest BCUT2D eigenvalue weighted by Gasteiger charge is -2.20. The molecule has 1 heterocycles. The van der Waals surface area contributed by atoms with E-state index in [1.165, 1.54) is 50.6 Å². The molecule has 3 rings (SSSR count). The van der Waals surface area contributed by atoms with Crippen LogP contribution in [-0.4, -0.2) is 42.0 Å². The van der Waals surface area contributed by atoms with Gasteiger partial charge in [-0.1, -0.05) is 12.6 Å². The Bertz CT molecular complexity index is 1390. The second kappa shape index (κ2) is 12.1. The number of anilines is 2. The normalized spacial score (nSPS) is 11.6. The number of hydrogen-bond donors (Lipinski definition) is 5. The number of halogens is 3. The summed E-state index contributed by atoms with van der Waals surface area (Å²) in [6.07, 6.45) is -5.39. The van der Waals surface area contributed by atoms with Gasteiger partial charge >= 0.3 is 12.2 Å². The van der Waals surface area contributed by atoms with Crippen LogP contribution in [-0.2, 0) is 11.0 Å². The van der Waals surface area contributed by atoms with E-state index in [2.05, 4.69) is 32.8 Å². The molecule has 0 aliphatic heterocycles. The minimum Gasteiger partial charge on any atom is -0.457 e. The number of aliphatic hydroxyl groups is 1. The molecule has 0 spiro atoms. The van der Waals surface area contributed by atoms with Crippen LogP contribution in [0.4, 0.5) is 29.3 Å². The Morgan fingerprint density at radius 2 is 1.56 bits per heavy atom. The number of likely N-dealkylation sites (N-methyl/N-ethyl adjacent to an activating group) is 1. The van der Waals surface area contributed by atoms with Crippen LogP contribution in [0.25, 0.3) is 0 Å². The van der Waals surface area contributed by atoms with E-state index in [-0.39, 0.29) is 17.3 Å². The van der Waals surface area contributed by atoms with Gasteiger partial charge in [0, 0.05) is 43.3 Å². The Morgan fingerprint density at radius 3 is 2.18 bits per heavy atom. The van der Waals surface area contributed by atoms with Gasteiger partial charge in [0.25, 0.3) is 5.91 Å². The second-order valence-electron chi connectivity index (χ2n) is 7.97. The third kappa shape index (κ3) is 7.32. The lowest BCUT2D eigenvalue weighted by atomic mass is 9.96. The first-order chi connectivity index (χ1) is 18.4. The van der Waals surface area contributed by atoms with Gasteiger partial charge in [-0.15, -0.1) is 0 Å². The standard InChI is InChI=1S/C26H24F3N5O5/c1-14(23(36)30-2)22(35)19-9-6-16(12-20(19)26(27,28)29)34-25(38)33-15-4-7-17(8-5-15)39-18-10-11-32-21(13-18)24(37)31-3/h4-13,22,35H,1H2,2-3H3,(H,30,36)(H,31,37)(H2,33,34,38). The molecule has 0 saturated heterocycles. The number of nitrogens with one attached hydrogen (secondary N) is 4. The van der Waals surface area contributed by atoms with E-state index >= 15 is 0 Å². The van der Waals surface area contributed by atoms with Crippen molar-refractivity contribution >= 4 is 29.2 Å². The van der Waals surface area contributed by atoms with Crippen LogP contribution < -0.4 is 26.0 Å². The zero-order chi connectivity index (χ0) is 28.7. The van der Waals surface area contributed by atoms with Gasteiger partial charge in [-0.3, -0.25) is 14.6 Å². The molecule has 10 nitrogen and oxygen atoms in total. The molecular weight excluding hydrogens is 519 g/mol. The van der Waals surface area contributed by atoms with Gasteiger partial charge in [-0.25, -0.2) is 4.79 Å². The molecular formula is C26H24F3N5O5. The number of ether oxygens (including phenoxy) is 1. The fraction of sp³-hybridized carbons (Fsp3) is 0.154. The molecule has 1 atom stereocenters. The number of carbonyl (C=O) groups is 3. The monoisotopic (exact) mass is 543 g/mol. The number of aromatic nitrogens is 1. The van der Waals surface area contributed by atoms with Gasteiger partial charge in [0.1, 0.15) is 23.3 Å². The van der Waals surface area contributed by atoms with E-state index in [1.807, 2.05) is 0 Å². The van der Waals surface area contributed by atoms with Crippen LogP contribution in [0.3, 0.4) is 0 Å². The molecule has 1 aromatic heterocycles. The molecule has 0 bridgehead atoms. The molecule has 39 heavy (non-hydrogen) atoms. The fourth-order valence-electron chi connectivity index (χ4n) is 3.35. The molecule has 0 aliphatic carbocycles. The highest BCUT2D eigenvalue weighted by Gasteiger charge is 2.36. The van der Waals surface area contributed by atoms with Crippen molar-refractivity contribution in [2.24, 2.45) is 0 Å². The third-order valence-electron chi connectivity index (χ3n) is 5.30. The van der Waals surface area contributed by atoms with E-state index < -0.39 is 40.9 Å². The van der Waals surface area contributed by atoms with Crippen molar-refractivity contribution in [2.75, 3.05) is 24.7 Å². The van der Waals surface area contributed by atoms with Crippen LogP contribution in [0.1, 0.15) is 27.7 Å². The molecule has 2 aromatic carbocycles. The number of urea groups is 1. The first kappa shape index (κ1) is 28.7. The number of alkyl halides is 3. The predicted molar refractivity (Wildman–Crippen MR) is 136 cm³/mol. The highest BCUT2D eigenvalue weighted by atomic mass is 19.4. The lowest BCUT2D eigenvalue weighted by molar-refractivity contribution is -0.139. The van der Waals surface area contributed by atoms with Crippen LogP contribution in [0, 0.1) is 0 Å². The molecule has 5 N–H and O–H groups in total. The van der Waals surface area contributed by atoms with Crippen LogP contribution in [0.5, 0.6) is 11.5 Å². The molecule has 4 amide bonds. The van der Waals surface area contributed by atoms with Crippen LogP contribution in [0.2, 0.25) is 0 Å². The Morgan fingerprint density at radius 1 is 0.923 bits per heavy atom. The molecule has 0 fully saturated rings. The molecule has 0 aliphatic rings. The zero-order valence-electron chi connectivity index (χ0n) is 20.7. The number of amides is 4. The van der Waals surface area contributed by atoms with Crippen molar-refractivity contribution in [2.45, 2.75) is 12.3 Å². The van der Waals surface area contributed by atoms with Crippen LogP contribution in [0.15, 0.2) is 72.9 Å². The van der Waals surface area contributed by atoms with E-state index in [0.717, 1.165) is 12.1 Å². The summed E-state index contributed by atoms with van der Waals surface area (Å²) in [4.78, 5) is 39.8. The van der Waals surface area contributed by atoms with E-state index in [0.29, 0.717) is 23.3 Å². The number of hydrogen-bond acceptors (Lipinski definition) is 6. The quantitative estimate of drug-likeness (QED) is 0.269. The fourth-order valence-corrected chi connectivity index (χ4v) is 3.35. The summed E-state index contributed by atoms with van der Waals surface area (Å²) in [5.74, 6) is -0.455. The van der Waals surface area contributed by atoms with E-state index in [1.54, 1.807) is 6.07 Å². The van der Waals surface area contributed by atoms with Gasteiger partial charge in [-0.05, 0) is 48.0 Å². The van der Waals surface area contributed by atoms with Gasteiger partial charge in [0.05, 0.1) is 5.56 Å². The van der Waals surface area contributed by atoms with E-state index in [4.69, 9.17) is 4.74 Å². The highest BCUT2D eigenvalue weighted by molar-refractivity contribution is 6.00. The largest absolute Gasteiger partial charge is 0.457 e. The van der Waals surface area contributed by atoms with Crippen molar-refractivity contribution in [3.05, 3.63) is 89.8 Å². The summed E-state index contributed by atoms with van der Waals surface area (Å²) in [5, 5.41) is 19.7. The maximum Gasteiger partial charge on any atom is 0.416 e. The van der Waals surface area contributed by atoms with Crippen LogP contribution >= 0.6 is 0 Å². The average molecular weight is 544 g/mol. The Labute approximate surface area is 220 Å². The maximum absolute atomic E-state index is 13.7. The summed E-state index contributed by atoms with van der Waals surface area (Å²) in [6, 6.07) is 11.0. The number of aliphatic hydroxyl groups excluding tert-OH is 1. The Balaban J connectivity index is 1.69. The summed E-state index contributed by atoms with van der Waals surface area (Å²) in [6.45, 7) is 3.35. The van der Waals surface area contributed by atoms with Gasteiger partial charge in [-0.2, -0.15) is 13.2 Å². The van der Waals surface area contributed by atoms with Crippen molar-refractivity contribution in [3.8, 4) is 11.5 Å². The molecule has 13 heteroatoms. The Kier molecular flexibility index (Phi) is 8.88. The summed E-state index contributed by atoms with van der Waals surface area (Å²) >= 11 is 0. The van der Waals surface area contributed by atoms with Crippen molar-refractivity contribution in [3.63, 3.8) is 0 Å². The minimum absolute atomic E-state index is 0.164. The van der Waals surface area contributed by atoms with Gasteiger partial charge in [0.2, 0.25) is 5.91 Å². The number of pyridine rings is 1. The number of benzene rings is 2. The van der Waals surface area contributed by atoms with Crippen molar-refractivity contribution in [1.82, 2.24) is 15.6 Å². The molecule has 0 saturated carbocycles. The highest BCUT2D eigenvalue weighted by Crippen LogP contribution is 2.38. The predicted octanol–water partition coefficient (Wildman–Crippen LogP) is 4.23. The SMILES string of the molecule is C=C(C(=O)NC)C(O)c1ccc(NC(=O)Nc2ccc(Oc3ccnc(C(=O)NC)c3)cc2)cc1C(F)(F)F. The molecule has 1 unspecified atom stereocenters. The summed E-state index contributed by atoms with van der Waals surface area (Å²) in [7, 11) is 2.73. The van der Waals surface area contributed by atoms with Gasteiger partial charge < -0.3 is 31.1 Å². The number of carbonyl (C=O) groups excluding carboxylic acids is 3. The number of nitrogens with zero attached hydrogens (tertiary/aromatic N) is 1. The molecule has 204 valence electrons. The summed E-state index contributed by atoms with van der Waals surface area (Å²) < 4.78 is 46.7. The second-order valence-corrected chi connectivity index (χ2v) is 7.97. The van der Waals surface area contributed by atoms with E-state index in [9.17, 15) is 32.7 Å². The zero-order valence-corrected chi connectivity index (χ0v) is 20.7. The first-order valence-electron chi connectivity index (χ1n) is 11.3. The lowest BCUT2D eigenvalue weighted by Crippen LogP contribution is -2.25. The topological polar surface area (TPSA) is 142 Å². The van der Waals surface area contributed by atoms with Crippen molar-refractivity contribution < 1.29 is 37.4 Å². The average Bonchev–Trinajstić information content (AvgIpc) is 2.92. The number of rotatable bonds is 8. The molecule has 0 radical (unpaired) electrons. The first-order valence-corrected chi connectivity index (χ1v) is 11.3. The third-order valence-corrected chi connectivity index (χ3v) is 5.30. The Hall–Kier alpha value is -4.91. The smallest absolute Gasteiger partial charge is 0.416 e. The summed E-state index contributed by atoms with van der Waals surface area (Å²) in [5.41, 5.74) is -2.02. The van der Waals surface area contributed by atoms with Crippen molar-refractivity contribution in [1.29, 1.82) is 0 Å². The maximum atomic E-state index is 13.7. The van der Waals surface area contributed by atoms with Gasteiger partial charge in [0.15, 0.2) is 0 Å².